The van der Waals surface area contributed by atoms with Gasteiger partial charge in [0.1, 0.15) is 0 Å². The summed E-state index contributed by atoms with van der Waals surface area (Å²) in [6.45, 7) is 6.41. The number of nitrogens with two attached hydrogens (primary N) is 1. The number of likely N-dealkylation sites (N-methyl/N-ethyl adjacent to an activating group) is 1. The van der Waals surface area contributed by atoms with Crippen LogP contribution in [-0.2, 0) is 5.66 Å². The van der Waals surface area contributed by atoms with E-state index >= 15 is 0 Å². The second-order valence-electron chi connectivity index (χ2n) is 8.20. The highest BCUT2D eigenvalue weighted by molar-refractivity contribution is 5.95. The van der Waals surface area contributed by atoms with E-state index in [1.807, 2.05) is 31.3 Å². The van der Waals surface area contributed by atoms with Crippen LogP contribution in [0, 0.1) is 0 Å². The third-order valence-corrected chi connectivity index (χ3v) is 6.12. The zero-order valence-electron chi connectivity index (χ0n) is 17.9. The Balaban J connectivity index is 1.36. The summed E-state index contributed by atoms with van der Waals surface area (Å²) in [5, 5.41) is 6.55. The van der Waals surface area contributed by atoms with E-state index in [4.69, 9.17) is 20.2 Å². The summed E-state index contributed by atoms with van der Waals surface area (Å²) in [6, 6.07) is 14.1. The van der Waals surface area contributed by atoms with Gasteiger partial charge >= 0.3 is 0 Å². The lowest BCUT2D eigenvalue weighted by molar-refractivity contribution is 0.172. The monoisotopic (exact) mass is 420 g/mol. The fourth-order valence-electron chi connectivity index (χ4n) is 4.11. The van der Waals surface area contributed by atoms with E-state index in [2.05, 4.69) is 51.7 Å². The first-order chi connectivity index (χ1) is 15.0. The molecule has 1 unspecified atom stereocenters. The maximum Gasteiger partial charge on any atom is 0.231 e. The molecule has 162 valence electrons. The molecule has 1 fully saturated rings. The van der Waals surface area contributed by atoms with Crippen LogP contribution in [-0.4, -0.2) is 50.9 Å². The van der Waals surface area contributed by atoms with E-state index in [-0.39, 0.29) is 6.79 Å². The van der Waals surface area contributed by atoms with Crippen molar-refractivity contribution in [2.24, 2.45) is 10.7 Å². The van der Waals surface area contributed by atoms with Gasteiger partial charge in [-0.1, -0.05) is 12.1 Å². The van der Waals surface area contributed by atoms with Gasteiger partial charge in [0.05, 0.1) is 0 Å². The summed E-state index contributed by atoms with van der Waals surface area (Å²) in [6.07, 6.45) is 1.88. The van der Waals surface area contributed by atoms with E-state index < -0.39 is 5.66 Å². The number of aliphatic imine (C=N–C) groups is 1. The van der Waals surface area contributed by atoms with Gasteiger partial charge in [-0.25, -0.2) is 4.99 Å². The van der Waals surface area contributed by atoms with Crippen molar-refractivity contribution in [1.29, 1.82) is 0 Å². The Labute approximate surface area is 182 Å². The van der Waals surface area contributed by atoms with Gasteiger partial charge in [-0.3, -0.25) is 5.73 Å². The molecule has 3 aliphatic rings. The summed E-state index contributed by atoms with van der Waals surface area (Å²) in [5.74, 6) is 1.93. The number of benzene rings is 2. The number of piperazine rings is 1. The highest BCUT2D eigenvalue weighted by atomic mass is 16.7. The van der Waals surface area contributed by atoms with Crippen molar-refractivity contribution >= 4 is 17.3 Å². The molecule has 0 spiro atoms. The summed E-state index contributed by atoms with van der Waals surface area (Å²) in [7, 11) is 2.17. The second kappa shape index (κ2) is 7.79. The number of ether oxygens (including phenoxy) is 2. The normalized spacial score (nSPS) is 23.1. The first-order valence-corrected chi connectivity index (χ1v) is 10.5. The molecule has 5 rings (SSSR count). The molecule has 0 saturated carbocycles. The van der Waals surface area contributed by atoms with Crippen molar-refractivity contribution in [3.8, 4) is 11.5 Å². The number of hydrogen-bond donors (Lipinski definition) is 3. The Bertz CT molecular complexity index is 1030. The van der Waals surface area contributed by atoms with Gasteiger partial charge in [0.15, 0.2) is 17.2 Å². The van der Waals surface area contributed by atoms with Crippen molar-refractivity contribution in [2.75, 3.05) is 50.2 Å². The van der Waals surface area contributed by atoms with Crippen LogP contribution in [0.25, 0.3) is 0 Å². The topological polar surface area (TPSA) is 87.4 Å². The molecule has 0 aromatic heterocycles. The van der Waals surface area contributed by atoms with Gasteiger partial charge in [0.25, 0.3) is 0 Å². The van der Waals surface area contributed by atoms with Crippen molar-refractivity contribution in [2.45, 2.75) is 12.6 Å². The van der Waals surface area contributed by atoms with E-state index in [9.17, 15) is 0 Å². The maximum atomic E-state index is 6.79. The molecule has 2 aromatic carbocycles. The van der Waals surface area contributed by atoms with Gasteiger partial charge in [-0.2, -0.15) is 0 Å². The summed E-state index contributed by atoms with van der Waals surface area (Å²) < 4.78 is 11.2. The molecule has 0 bridgehead atoms. The lowest BCUT2D eigenvalue weighted by Gasteiger charge is -2.34. The number of nitrogens with one attached hydrogen (secondary N) is 2. The van der Waals surface area contributed by atoms with Crippen LogP contribution in [0.2, 0.25) is 0 Å². The number of nitrogens with zero attached hydrogens (tertiary/aromatic N) is 3. The number of rotatable bonds is 3. The largest absolute Gasteiger partial charge is 0.454 e. The van der Waals surface area contributed by atoms with Gasteiger partial charge in [-0.15, -0.1) is 0 Å². The molecule has 8 heteroatoms. The highest BCUT2D eigenvalue weighted by Crippen LogP contribution is 2.43. The van der Waals surface area contributed by atoms with Crippen LogP contribution in [0.3, 0.4) is 0 Å². The average molecular weight is 421 g/mol. The van der Waals surface area contributed by atoms with Crippen LogP contribution < -0.4 is 30.7 Å². The Hall–Kier alpha value is -3.23. The number of para-hydroxylation sites is 1. The molecule has 8 nitrogen and oxygen atoms in total. The minimum Gasteiger partial charge on any atom is -0.454 e. The zero-order valence-corrected chi connectivity index (χ0v) is 17.9. The van der Waals surface area contributed by atoms with Crippen molar-refractivity contribution in [3.05, 3.63) is 59.8 Å². The number of guanidine groups is 1. The van der Waals surface area contributed by atoms with Crippen molar-refractivity contribution < 1.29 is 9.47 Å². The van der Waals surface area contributed by atoms with Gasteiger partial charge < -0.3 is 29.9 Å². The van der Waals surface area contributed by atoms with Crippen LogP contribution >= 0.6 is 0 Å². The quantitative estimate of drug-likeness (QED) is 0.702. The van der Waals surface area contributed by atoms with E-state index in [0.29, 0.717) is 17.5 Å². The molecule has 0 amide bonds. The minimum absolute atomic E-state index is 0.192. The van der Waals surface area contributed by atoms with Crippen LogP contribution in [0.1, 0.15) is 12.5 Å². The van der Waals surface area contributed by atoms with Gasteiger partial charge in [0, 0.05) is 49.3 Å². The van der Waals surface area contributed by atoms with Crippen LogP contribution in [0.4, 0.5) is 11.4 Å². The van der Waals surface area contributed by atoms with E-state index in [0.717, 1.165) is 43.0 Å². The lowest BCUT2D eigenvalue weighted by atomic mass is 9.92. The number of hydrogen-bond acceptors (Lipinski definition) is 8. The second-order valence-corrected chi connectivity index (χ2v) is 8.20. The fourth-order valence-corrected chi connectivity index (χ4v) is 4.11. The Morgan fingerprint density at radius 3 is 2.61 bits per heavy atom. The first kappa shape index (κ1) is 19.7. The Kier molecular flexibility index (Phi) is 4.95. The van der Waals surface area contributed by atoms with E-state index in [1.165, 1.54) is 5.69 Å². The molecule has 3 heterocycles. The smallest absolute Gasteiger partial charge is 0.231 e. The molecular formula is C23H28N6O2. The van der Waals surface area contributed by atoms with Gasteiger partial charge in [0.2, 0.25) is 12.8 Å². The predicted octanol–water partition coefficient (Wildman–Crippen LogP) is 2.25. The zero-order chi connectivity index (χ0) is 21.4. The van der Waals surface area contributed by atoms with Crippen molar-refractivity contribution in [3.63, 3.8) is 0 Å². The molecule has 2 aromatic rings. The molecule has 31 heavy (non-hydrogen) atoms. The lowest BCUT2D eigenvalue weighted by Crippen LogP contribution is -2.45. The molecule has 1 atom stereocenters. The molecular weight excluding hydrogens is 392 g/mol. The standard InChI is InChI=1S/C23H28N6O2/c1-16-14-25-22(27-23(16,24)19-4-3-5-20-21(19)31-15-30-20)26-17-6-8-18(9-7-17)29-12-10-28(2)11-13-29/h3-9,14H,10-13,15,24H2,1-2H3,(H2,25,26,27). The minimum atomic E-state index is -1.05. The maximum absolute atomic E-state index is 6.79. The predicted molar refractivity (Wildman–Crippen MR) is 123 cm³/mol. The third kappa shape index (κ3) is 3.68. The van der Waals surface area contributed by atoms with Crippen LogP contribution in [0.5, 0.6) is 11.5 Å². The molecule has 4 N–H and O–H groups in total. The first-order valence-electron chi connectivity index (χ1n) is 10.5. The third-order valence-electron chi connectivity index (χ3n) is 6.12. The molecule has 1 saturated heterocycles. The summed E-state index contributed by atoms with van der Waals surface area (Å²) in [4.78, 5) is 9.58. The summed E-state index contributed by atoms with van der Waals surface area (Å²) >= 11 is 0. The Morgan fingerprint density at radius 2 is 1.84 bits per heavy atom. The molecule has 0 radical (unpaired) electrons. The van der Waals surface area contributed by atoms with Crippen molar-refractivity contribution in [1.82, 2.24) is 10.2 Å². The number of fused-ring (bicyclic) bond motifs is 1. The fraction of sp³-hybridized carbons (Fsp3) is 0.348. The average Bonchev–Trinajstić information content (AvgIpc) is 3.26. The molecule has 3 aliphatic heterocycles. The molecule has 0 aliphatic carbocycles. The summed E-state index contributed by atoms with van der Waals surface area (Å²) in [5.41, 5.74) is 9.58. The van der Waals surface area contributed by atoms with E-state index in [1.54, 1.807) is 0 Å². The highest BCUT2D eigenvalue weighted by Gasteiger charge is 2.37. The SMILES string of the molecule is CC1=CNC(Nc2ccc(N3CCN(C)CC3)cc2)=NC1(N)c1cccc2c1OCO2. The Morgan fingerprint density at radius 1 is 1.06 bits per heavy atom. The number of anilines is 2. The van der Waals surface area contributed by atoms with Gasteiger partial charge in [-0.05, 0) is 49.9 Å². The van der Waals surface area contributed by atoms with Crippen LogP contribution in [0.15, 0.2) is 59.2 Å².